The lowest BCUT2D eigenvalue weighted by Crippen LogP contribution is -2.54. The molecule has 1 aromatic heterocycles. The van der Waals surface area contributed by atoms with Gasteiger partial charge in [-0.3, -0.25) is 0 Å². The lowest BCUT2D eigenvalue weighted by atomic mass is 10.1. The van der Waals surface area contributed by atoms with E-state index in [2.05, 4.69) is 10.3 Å². The predicted molar refractivity (Wildman–Crippen MR) is 112 cm³/mol. The van der Waals surface area contributed by atoms with Gasteiger partial charge >= 0.3 is 12.1 Å². The zero-order valence-corrected chi connectivity index (χ0v) is 18.1. The zero-order valence-electron chi connectivity index (χ0n) is 18.1. The summed E-state index contributed by atoms with van der Waals surface area (Å²) >= 11 is 0. The Bertz CT molecular complexity index is 905. The third-order valence-electron chi connectivity index (χ3n) is 4.80. The van der Waals surface area contributed by atoms with Gasteiger partial charge in [-0.05, 0) is 32.9 Å². The topological polar surface area (TPSA) is 88.9 Å². The number of methoxy groups -OCH3 is 1. The molecule has 1 aromatic carbocycles. The number of para-hydroxylation sites is 2. The fourth-order valence-corrected chi connectivity index (χ4v) is 3.37. The molecule has 2 aromatic rings. The van der Waals surface area contributed by atoms with E-state index in [4.69, 9.17) is 9.47 Å². The number of imidazole rings is 1. The van der Waals surface area contributed by atoms with Crippen molar-refractivity contribution < 1.29 is 19.1 Å². The van der Waals surface area contributed by atoms with Crippen LogP contribution in [-0.4, -0.2) is 63.8 Å². The molecule has 30 heavy (non-hydrogen) atoms. The number of urea groups is 1. The molecule has 0 spiro atoms. The summed E-state index contributed by atoms with van der Waals surface area (Å²) in [5.41, 5.74) is -0.00748. The molecule has 1 atom stereocenters. The molecule has 1 N–H and O–H groups in total. The van der Waals surface area contributed by atoms with Crippen molar-refractivity contribution in [1.29, 1.82) is 0 Å². The van der Waals surface area contributed by atoms with Crippen molar-refractivity contribution in [2.24, 2.45) is 7.05 Å². The molecule has 9 nitrogen and oxygen atoms in total. The van der Waals surface area contributed by atoms with Crippen LogP contribution in [0, 0.1) is 0 Å². The Morgan fingerprint density at radius 3 is 2.57 bits per heavy atom. The molecule has 1 fully saturated rings. The minimum absolute atomic E-state index is 0.281. The van der Waals surface area contributed by atoms with E-state index < -0.39 is 17.7 Å². The van der Waals surface area contributed by atoms with Crippen molar-refractivity contribution in [1.82, 2.24) is 19.4 Å². The van der Waals surface area contributed by atoms with Crippen LogP contribution in [0.4, 0.5) is 15.3 Å². The molecular formula is C21H29N5O4. The van der Waals surface area contributed by atoms with Gasteiger partial charge < -0.3 is 29.2 Å². The molecule has 1 aliphatic rings. The Kier molecular flexibility index (Phi) is 6.19. The summed E-state index contributed by atoms with van der Waals surface area (Å²) in [6, 6.07) is 6.53. The van der Waals surface area contributed by atoms with Crippen molar-refractivity contribution in [2.75, 3.05) is 32.1 Å². The molecule has 162 valence electrons. The second-order valence-corrected chi connectivity index (χ2v) is 8.16. The first-order chi connectivity index (χ1) is 14.2. The maximum Gasteiger partial charge on any atom is 0.410 e. The van der Waals surface area contributed by atoms with Crippen LogP contribution in [0.25, 0.3) is 0 Å². The number of aryl methyl sites for hydroxylation is 1. The van der Waals surface area contributed by atoms with E-state index in [1.54, 1.807) is 35.2 Å². The van der Waals surface area contributed by atoms with Crippen LogP contribution in [0.1, 0.15) is 32.6 Å². The number of anilines is 1. The quantitative estimate of drug-likeness (QED) is 0.831. The van der Waals surface area contributed by atoms with Gasteiger partial charge in [0.05, 0.1) is 19.3 Å². The number of hydrogen-bond donors (Lipinski definition) is 1. The van der Waals surface area contributed by atoms with Gasteiger partial charge in [0.15, 0.2) is 0 Å². The maximum atomic E-state index is 13.1. The van der Waals surface area contributed by atoms with E-state index in [0.717, 1.165) is 0 Å². The fraction of sp³-hybridized carbons (Fsp3) is 0.476. The van der Waals surface area contributed by atoms with E-state index in [9.17, 15) is 9.59 Å². The first kappa shape index (κ1) is 21.5. The summed E-state index contributed by atoms with van der Waals surface area (Å²) in [5.74, 6) is 1.27. The van der Waals surface area contributed by atoms with E-state index in [1.807, 2.05) is 50.7 Å². The van der Waals surface area contributed by atoms with Gasteiger partial charge in [0.2, 0.25) is 0 Å². The molecule has 1 aliphatic heterocycles. The standard InChI is InChI=1S/C21H29N5O4/c1-21(2,3)30-20(28)25-12-13-26(16(14-25)18-22-10-11-24(18)4)19(27)23-15-8-6-7-9-17(15)29-5/h6-11,16H,12-14H2,1-5H3,(H,23,27)/t16-/m0/s1. The Labute approximate surface area is 176 Å². The minimum atomic E-state index is -0.589. The van der Waals surface area contributed by atoms with E-state index >= 15 is 0 Å². The van der Waals surface area contributed by atoms with Gasteiger partial charge in [-0.2, -0.15) is 0 Å². The molecule has 2 heterocycles. The van der Waals surface area contributed by atoms with Crippen LogP contribution in [0.5, 0.6) is 5.75 Å². The third-order valence-corrected chi connectivity index (χ3v) is 4.80. The number of nitrogens with zero attached hydrogens (tertiary/aromatic N) is 4. The van der Waals surface area contributed by atoms with Crippen molar-refractivity contribution in [3.8, 4) is 5.75 Å². The van der Waals surface area contributed by atoms with Crippen molar-refractivity contribution >= 4 is 17.8 Å². The number of hydrogen-bond acceptors (Lipinski definition) is 5. The number of benzene rings is 1. The molecular weight excluding hydrogens is 386 g/mol. The molecule has 0 radical (unpaired) electrons. The number of ether oxygens (including phenoxy) is 2. The minimum Gasteiger partial charge on any atom is -0.495 e. The Morgan fingerprint density at radius 2 is 1.93 bits per heavy atom. The second-order valence-electron chi connectivity index (χ2n) is 8.16. The van der Waals surface area contributed by atoms with E-state index in [1.165, 1.54) is 0 Å². The highest BCUT2D eigenvalue weighted by Gasteiger charge is 2.37. The first-order valence-corrected chi connectivity index (χ1v) is 9.85. The Balaban J connectivity index is 1.82. The molecule has 0 aliphatic carbocycles. The van der Waals surface area contributed by atoms with Crippen molar-refractivity contribution in [3.63, 3.8) is 0 Å². The summed E-state index contributed by atoms with van der Waals surface area (Å²) in [6.45, 7) is 6.50. The lowest BCUT2D eigenvalue weighted by Gasteiger charge is -2.41. The number of rotatable bonds is 3. The molecule has 3 rings (SSSR count). The van der Waals surface area contributed by atoms with Crippen molar-refractivity contribution in [3.05, 3.63) is 42.5 Å². The Hall–Kier alpha value is -3.23. The van der Waals surface area contributed by atoms with Crippen LogP contribution in [0.15, 0.2) is 36.7 Å². The summed E-state index contributed by atoms with van der Waals surface area (Å²) in [5, 5.41) is 2.92. The lowest BCUT2D eigenvalue weighted by molar-refractivity contribution is 0.00862. The van der Waals surface area contributed by atoms with Crippen LogP contribution in [0.3, 0.4) is 0 Å². The summed E-state index contributed by atoms with van der Waals surface area (Å²) < 4.78 is 12.7. The van der Waals surface area contributed by atoms with Gasteiger partial charge in [-0.15, -0.1) is 0 Å². The molecule has 1 saturated heterocycles. The fourth-order valence-electron chi connectivity index (χ4n) is 3.37. The van der Waals surface area contributed by atoms with Crippen LogP contribution < -0.4 is 10.1 Å². The average molecular weight is 415 g/mol. The number of carbonyl (C=O) groups is 2. The summed E-state index contributed by atoms with van der Waals surface area (Å²) in [6.07, 6.45) is 3.10. The number of amides is 3. The molecule has 3 amide bonds. The zero-order chi connectivity index (χ0) is 21.9. The number of aromatic nitrogens is 2. The van der Waals surface area contributed by atoms with Gasteiger partial charge in [-0.1, -0.05) is 12.1 Å². The largest absolute Gasteiger partial charge is 0.495 e. The molecule has 0 bridgehead atoms. The summed E-state index contributed by atoms with van der Waals surface area (Å²) in [7, 11) is 3.42. The van der Waals surface area contributed by atoms with Crippen LogP contribution in [0.2, 0.25) is 0 Å². The molecule has 0 unspecified atom stereocenters. The number of carbonyl (C=O) groups excluding carboxylic acids is 2. The van der Waals surface area contributed by atoms with E-state index in [-0.39, 0.29) is 6.03 Å². The van der Waals surface area contributed by atoms with E-state index in [0.29, 0.717) is 36.9 Å². The smallest absolute Gasteiger partial charge is 0.410 e. The molecule has 9 heteroatoms. The first-order valence-electron chi connectivity index (χ1n) is 9.85. The summed E-state index contributed by atoms with van der Waals surface area (Å²) in [4.78, 5) is 33.5. The third kappa shape index (κ3) is 4.84. The molecule has 0 saturated carbocycles. The number of piperazine rings is 1. The van der Waals surface area contributed by atoms with Gasteiger partial charge in [0, 0.05) is 32.5 Å². The Morgan fingerprint density at radius 1 is 1.20 bits per heavy atom. The normalized spacial score (nSPS) is 16.9. The highest BCUT2D eigenvalue weighted by atomic mass is 16.6. The highest BCUT2D eigenvalue weighted by molar-refractivity contribution is 5.91. The average Bonchev–Trinajstić information content (AvgIpc) is 3.12. The van der Waals surface area contributed by atoms with Gasteiger partial charge in [0.1, 0.15) is 23.2 Å². The number of nitrogens with one attached hydrogen (secondary N) is 1. The maximum absolute atomic E-state index is 13.1. The van der Waals surface area contributed by atoms with Crippen molar-refractivity contribution in [2.45, 2.75) is 32.4 Å². The second kappa shape index (κ2) is 8.64. The van der Waals surface area contributed by atoms with Crippen LogP contribution >= 0.6 is 0 Å². The SMILES string of the molecule is COc1ccccc1NC(=O)N1CCN(C(=O)OC(C)(C)C)C[C@H]1c1nccn1C. The highest BCUT2D eigenvalue weighted by Crippen LogP contribution is 2.28. The van der Waals surface area contributed by atoms with Crippen LogP contribution in [-0.2, 0) is 11.8 Å². The van der Waals surface area contributed by atoms with Gasteiger partial charge in [-0.25, -0.2) is 14.6 Å². The monoisotopic (exact) mass is 415 g/mol. The predicted octanol–water partition coefficient (Wildman–Crippen LogP) is 3.25. The van der Waals surface area contributed by atoms with Gasteiger partial charge in [0.25, 0.3) is 0 Å².